The number of hydrogen-bond acceptors (Lipinski definition) is 2. The van der Waals surface area contributed by atoms with Crippen LogP contribution in [-0.2, 0) is 0 Å². The van der Waals surface area contributed by atoms with E-state index in [2.05, 4.69) is 12.2 Å². The predicted molar refractivity (Wildman–Crippen MR) is 77.8 cm³/mol. The van der Waals surface area contributed by atoms with Crippen molar-refractivity contribution in [3.63, 3.8) is 0 Å². The molecule has 1 aliphatic rings. The summed E-state index contributed by atoms with van der Waals surface area (Å²) >= 11 is 6.31. The molecule has 2 aromatic rings. The van der Waals surface area contributed by atoms with Crippen LogP contribution in [0.4, 0.5) is 4.39 Å². The van der Waals surface area contributed by atoms with Gasteiger partial charge in [-0.15, -0.1) is 12.4 Å². The van der Waals surface area contributed by atoms with E-state index >= 15 is 0 Å². The highest BCUT2D eigenvalue weighted by Gasteiger charge is 2.27. The summed E-state index contributed by atoms with van der Waals surface area (Å²) in [5, 5.41) is 4.83. The van der Waals surface area contributed by atoms with Crippen LogP contribution in [0, 0.1) is 11.9 Å². The monoisotopic (exact) mass is 303 g/mol. The molecule has 0 aliphatic carbocycles. The molecule has 1 N–H and O–H groups in total. The molecule has 2 unspecified atom stereocenters. The minimum Gasteiger partial charge on any atom is -0.431 e. The first kappa shape index (κ1) is 14.6. The third kappa shape index (κ3) is 2.60. The van der Waals surface area contributed by atoms with Gasteiger partial charge in [0.2, 0.25) is 0 Å². The quantitative estimate of drug-likeness (QED) is 0.847. The Hall–Kier alpha value is -0.770. The van der Waals surface area contributed by atoms with Crippen molar-refractivity contribution in [2.45, 2.75) is 19.3 Å². The Labute approximate surface area is 122 Å². The van der Waals surface area contributed by atoms with E-state index in [9.17, 15) is 4.39 Å². The summed E-state index contributed by atoms with van der Waals surface area (Å²) in [6.45, 7) is 4.11. The van der Waals surface area contributed by atoms with Gasteiger partial charge in [-0.2, -0.15) is 4.39 Å². The molecule has 3 rings (SSSR count). The van der Waals surface area contributed by atoms with Gasteiger partial charge in [-0.05, 0) is 43.5 Å². The van der Waals surface area contributed by atoms with E-state index in [0.29, 0.717) is 22.4 Å². The molecular formula is C14H16Cl2FNO. The van der Waals surface area contributed by atoms with Gasteiger partial charge in [-0.1, -0.05) is 18.5 Å². The van der Waals surface area contributed by atoms with Crippen LogP contribution in [0.25, 0.3) is 11.0 Å². The van der Waals surface area contributed by atoms with E-state index in [-0.39, 0.29) is 12.4 Å². The lowest BCUT2D eigenvalue weighted by Crippen LogP contribution is -2.33. The Kier molecular flexibility index (Phi) is 4.39. The van der Waals surface area contributed by atoms with Crippen molar-refractivity contribution in [1.82, 2.24) is 5.32 Å². The Morgan fingerprint density at radius 3 is 2.95 bits per heavy atom. The standard InChI is InChI=1S/C14H15ClFNO.ClH/c1-8-7-17-5-4-10(8)13-11(15)3-2-9-6-12(16)18-14(9)13;/h2-3,6,8,10,17H,4-5,7H2,1H3;1H. The summed E-state index contributed by atoms with van der Waals surface area (Å²) in [7, 11) is 0. The first-order chi connectivity index (χ1) is 8.66. The van der Waals surface area contributed by atoms with Crippen molar-refractivity contribution in [2.24, 2.45) is 5.92 Å². The maximum absolute atomic E-state index is 13.3. The van der Waals surface area contributed by atoms with E-state index < -0.39 is 6.01 Å². The lowest BCUT2D eigenvalue weighted by atomic mass is 9.82. The zero-order valence-corrected chi connectivity index (χ0v) is 12.2. The van der Waals surface area contributed by atoms with E-state index in [0.717, 1.165) is 30.5 Å². The molecule has 1 aliphatic heterocycles. The molecule has 2 nitrogen and oxygen atoms in total. The number of rotatable bonds is 1. The van der Waals surface area contributed by atoms with Crippen LogP contribution in [0.2, 0.25) is 5.02 Å². The van der Waals surface area contributed by atoms with Gasteiger partial charge in [0.25, 0.3) is 6.01 Å². The van der Waals surface area contributed by atoms with Gasteiger partial charge in [0.1, 0.15) is 5.58 Å². The molecule has 2 heterocycles. The Morgan fingerprint density at radius 1 is 1.42 bits per heavy atom. The van der Waals surface area contributed by atoms with Gasteiger partial charge in [-0.3, -0.25) is 0 Å². The van der Waals surface area contributed by atoms with Crippen molar-refractivity contribution in [2.75, 3.05) is 13.1 Å². The summed E-state index contributed by atoms with van der Waals surface area (Å²) in [6.07, 6.45) is 1.00. The van der Waals surface area contributed by atoms with E-state index in [1.54, 1.807) is 6.07 Å². The van der Waals surface area contributed by atoms with Crippen LogP contribution in [0.15, 0.2) is 22.6 Å². The smallest absolute Gasteiger partial charge is 0.278 e. The molecule has 1 fully saturated rings. The second-order valence-corrected chi connectivity index (χ2v) is 5.41. The number of benzene rings is 1. The van der Waals surface area contributed by atoms with Crippen LogP contribution >= 0.6 is 24.0 Å². The Balaban J connectivity index is 0.00000133. The summed E-state index contributed by atoms with van der Waals surface area (Å²) in [5.74, 6) is 0.794. The van der Waals surface area contributed by atoms with E-state index in [1.807, 2.05) is 6.07 Å². The summed E-state index contributed by atoms with van der Waals surface area (Å²) in [4.78, 5) is 0. The van der Waals surface area contributed by atoms with Crippen LogP contribution < -0.4 is 5.32 Å². The molecule has 1 aromatic carbocycles. The Bertz CT molecular complexity index is 584. The maximum atomic E-state index is 13.3. The summed E-state index contributed by atoms with van der Waals surface area (Å²) in [5.41, 5.74) is 1.57. The molecule has 19 heavy (non-hydrogen) atoms. The van der Waals surface area contributed by atoms with Gasteiger partial charge in [0.05, 0.1) is 0 Å². The second kappa shape index (κ2) is 5.70. The molecule has 1 saturated heterocycles. The fourth-order valence-corrected chi connectivity index (χ4v) is 3.15. The highest BCUT2D eigenvalue weighted by Crippen LogP contribution is 2.39. The molecular weight excluding hydrogens is 288 g/mol. The zero-order chi connectivity index (χ0) is 12.7. The molecule has 1 aromatic heterocycles. The van der Waals surface area contributed by atoms with Crippen molar-refractivity contribution < 1.29 is 8.81 Å². The number of furan rings is 1. The molecule has 5 heteroatoms. The van der Waals surface area contributed by atoms with Crippen molar-refractivity contribution in [3.8, 4) is 0 Å². The fourth-order valence-electron chi connectivity index (χ4n) is 2.86. The second-order valence-electron chi connectivity index (χ2n) is 5.01. The highest BCUT2D eigenvalue weighted by molar-refractivity contribution is 6.32. The number of fused-ring (bicyclic) bond motifs is 1. The minimum atomic E-state index is -0.546. The van der Waals surface area contributed by atoms with Crippen LogP contribution in [0.5, 0.6) is 0 Å². The molecule has 0 saturated carbocycles. The summed E-state index contributed by atoms with van der Waals surface area (Å²) in [6, 6.07) is 4.51. The van der Waals surface area contributed by atoms with Gasteiger partial charge in [0, 0.05) is 22.0 Å². The molecule has 0 bridgehead atoms. The lowest BCUT2D eigenvalue weighted by Gasteiger charge is -2.30. The topological polar surface area (TPSA) is 25.2 Å². The number of halogens is 3. The minimum absolute atomic E-state index is 0. The average molecular weight is 304 g/mol. The summed E-state index contributed by atoms with van der Waals surface area (Å²) < 4.78 is 18.5. The third-order valence-electron chi connectivity index (χ3n) is 3.80. The number of hydrogen-bond donors (Lipinski definition) is 1. The average Bonchev–Trinajstić information content (AvgIpc) is 2.71. The van der Waals surface area contributed by atoms with Crippen LogP contribution in [0.1, 0.15) is 24.8 Å². The fraction of sp³-hybridized carbons (Fsp3) is 0.429. The molecule has 104 valence electrons. The van der Waals surface area contributed by atoms with Crippen molar-refractivity contribution in [1.29, 1.82) is 0 Å². The molecule has 0 spiro atoms. The van der Waals surface area contributed by atoms with Gasteiger partial charge < -0.3 is 9.73 Å². The number of nitrogens with one attached hydrogen (secondary N) is 1. The largest absolute Gasteiger partial charge is 0.431 e. The van der Waals surface area contributed by atoms with E-state index in [4.69, 9.17) is 16.0 Å². The first-order valence-electron chi connectivity index (χ1n) is 6.25. The van der Waals surface area contributed by atoms with Gasteiger partial charge in [0.15, 0.2) is 0 Å². The van der Waals surface area contributed by atoms with Crippen molar-refractivity contribution >= 4 is 35.0 Å². The predicted octanol–water partition coefficient (Wildman–Crippen LogP) is 4.36. The van der Waals surface area contributed by atoms with Gasteiger partial charge in [-0.25, -0.2) is 0 Å². The lowest BCUT2D eigenvalue weighted by molar-refractivity contribution is 0.342. The van der Waals surface area contributed by atoms with Gasteiger partial charge >= 0.3 is 0 Å². The zero-order valence-electron chi connectivity index (χ0n) is 10.6. The first-order valence-corrected chi connectivity index (χ1v) is 6.63. The SMILES string of the molecule is CC1CNCCC1c1c(Cl)ccc2cc(F)oc12.Cl. The van der Waals surface area contributed by atoms with Crippen LogP contribution in [-0.4, -0.2) is 13.1 Å². The normalized spacial score (nSPS) is 23.3. The number of piperidine rings is 1. The van der Waals surface area contributed by atoms with Crippen LogP contribution in [0.3, 0.4) is 0 Å². The third-order valence-corrected chi connectivity index (χ3v) is 4.13. The molecule has 0 amide bonds. The molecule has 2 atom stereocenters. The Morgan fingerprint density at radius 2 is 2.21 bits per heavy atom. The molecule has 0 radical (unpaired) electrons. The van der Waals surface area contributed by atoms with Crippen molar-refractivity contribution in [3.05, 3.63) is 34.8 Å². The maximum Gasteiger partial charge on any atom is 0.278 e. The van der Waals surface area contributed by atoms with E-state index in [1.165, 1.54) is 6.07 Å². The highest BCUT2D eigenvalue weighted by atomic mass is 35.5.